The van der Waals surface area contributed by atoms with E-state index in [2.05, 4.69) is 25.7 Å². The molecule has 43 heavy (non-hydrogen) atoms. The Kier molecular flexibility index (Phi) is 8.96. The number of allylic oxidation sites excluding steroid dienone is 1. The molecule has 0 saturated carbocycles. The predicted octanol–water partition coefficient (Wildman–Crippen LogP) is 3.55. The molecule has 1 atom stereocenters. The number of pyridine rings is 1. The molecule has 1 amide bonds. The molecule has 3 N–H and O–H groups in total. The number of hydrogen-bond donors (Lipinski definition) is 3. The molecule has 1 unspecified atom stereocenters. The molecule has 0 radical (unpaired) electrons. The number of carbonyl (C=O) groups is 1. The summed E-state index contributed by atoms with van der Waals surface area (Å²) in [5.74, 6) is -0.619. The lowest BCUT2D eigenvalue weighted by Gasteiger charge is -2.25. The number of rotatable bonds is 10. The predicted molar refractivity (Wildman–Crippen MR) is 151 cm³/mol. The Labute approximate surface area is 245 Å². The lowest BCUT2D eigenvalue weighted by Crippen LogP contribution is -2.45. The van der Waals surface area contributed by atoms with Crippen LogP contribution in [0, 0.1) is 0 Å². The molecule has 17 heteroatoms. The number of hydrazine groups is 1. The molecule has 0 aliphatic carbocycles. The molecule has 13 nitrogen and oxygen atoms in total. The number of nitrogens with one attached hydrogen (secondary N) is 3. The Morgan fingerprint density at radius 1 is 1.05 bits per heavy atom. The Balaban J connectivity index is 1.83. The van der Waals surface area contributed by atoms with Gasteiger partial charge in [0.25, 0.3) is 5.91 Å². The summed E-state index contributed by atoms with van der Waals surface area (Å²) >= 11 is 0. The van der Waals surface area contributed by atoms with Crippen molar-refractivity contribution in [2.75, 3.05) is 37.4 Å². The van der Waals surface area contributed by atoms with Crippen molar-refractivity contribution < 1.29 is 40.6 Å². The van der Waals surface area contributed by atoms with Gasteiger partial charge in [0.2, 0.25) is 21.9 Å². The lowest BCUT2D eigenvalue weighted by atomic mass is 10.1. The van der Waals surface area contributed by atoms with Gasteiger partial charge in [-0.1, -0.05) is 0 Å². The molecule has 0 bridgehead atoms. The van der Waals surface area contributed by atoms with E-state index in [0.29, 0.717) is 17.2 Å². The molecule has 3 heterocycles. The average Bonchev–Trinajstić information content (AvgIpc) is 3.38. The number of anilines is 3. The third-order valence-electron chi connectivity index (χ3n) is 6.20. The number of carbonyl (C=O) groups excluding carboxylic acids is 1. The van der Waals surface area contributed by atoms with E-state index in [1.54, 1.807) is 18.2 Å². The minimum absolute atomic E-state index is 0.00703. The number of aromatic nitrogens is 3. The number of hydrogen-bond acceptors (Lipinski definition) is 12. The second-order valence-corrected chi connectivity index (χ2v) is 11.1. The summed E-state index contributed by atoms with van der Waals surface area (Å²) < 4.78 is 82.6. The highest BCUT2D eigenvalue weighted by atomic mass is 32.2. The first kappa shape index (κ1) is 31.3. The van der Waals surface area contributed by atoms with Gasteiger partial charge in [-0.15, -0.1) is 0 Å². The summed E-state index contributed by atoms with van der Waals surface area (Å²) in [5.41, 5.74) is 3.16. The van der Waals surface area contributed by atoms with Crippen LogP contribution in [0.2, 0.25) is 0 Å². The topological polar surface area (TPSA) is 157 Å². The van der Waals surface area contributed by atoms with Crippen LogP contribution in [-0.4, -0.2) is 68.6 Å². The summed E-state index contributed by atoms with van der Waals surface area (Å²) in [4.78, 5) is 25.8. The summed E-state index contributed by atoms with van der Waals surface area (Å²) in [6.07, 6.45) is -0.986. The summed E-state index contributed by atoms with van der Waals surface area (Å²) in [6, 6.07) is 4.22. The smallest absolute Gasteiger partial charge is 0.409 e. The highest BCUT2D eigenvalue weighted by molar-refractivity contribution is 7.90. The highest BCUT2D eigenvalue weighted by Crippen LogP contribution is 2.37. The maximum Gasteiger partial charge on any atom is 0.409 e. The maximum atomic E-state index is 13.6. The molecule has 3 aromatic rings. The molecule has 1 aliphatic rings. The number of nitrogens with zero attached hydrogens (tertiary/aromatic N) is 4. The summed E-state index contributed by atoms with van der Waals surface area (Å²) in [5, 5.41) is 4.12. The van der Waals surface area contributed by atoms with Gasteiger partial charge in [0.15, 0.2) is 5.82 Å². The van der Waals surface area contributed by atoms with Crippen molar-refractivity contribution in [2.45, 2.75) is 26.1 Å². The minimum Gasteiger partial charge on any atom is -0.497 e. The number of alkyl halides is 3. The van der Waals surface area contributed by atoms with Gasteiger partial charge in [-0.25, -0.2) is 28.5 Å². The number of methoxy groups -OCH3 is 3. The standard InChI is InChI=1S/C26H28F3N7O6S/c1-6-43(38,39)35-23(37)19-8-15(12-30-24(19)42-5)20-13-31-25(32-16-9-17(40-3)11-18(10-16)41-4)33-22(20)36-14(2)7-21(34-36)26(27,28)29/h7-13,21,34H,6H2,1-5H3,(H,35,37)(H,31,32,33). The van der Waals surface area contributed by atoms with E-state index in [0.717, 1.165) is 11.1 Å². The Morgan fingerprint density at radius 3 is 2.28 bits per heavy atom. The van der Waals surface area contributed by atoms with Crippen molar-refractivity contribution >= 4 is 33.4 Å². The van der Waals surface area contributed by atoms with E-state index in [1.807, 2.05) is 4.72 Å². The molecule has 4 rings (SSSR count). The molecule has 0 spiro atoms. The average molecular weight is 624 g/mol. The second-order valence-electron chi connectivity index (χ2n) is 9.06. The Hall–Kier alpha value is -4.64. The zero-order valence-electron chi connectivity index (χ0n) is 23.6. The van der Waals surface area contributed by atoms with E-state index >= 15 is 0 Å². The van der Waals surface area contributed by atoms with Crippen LogP contribution in [0.15, 0.2) is 48.4 Å². The van der Waals surface area contributed by atoms with Crippen molar-refractivity contribution in [3.8, 4) is 28.5 Å². The zero-order chi connectivity index (χ0) is 31.5. The van der Waals surface area contributed by atoms with Crippen LogP contribution in [0.25, 0.3) is 11.1 Å². The van der Waals surface area contributed by atoms with Gasteiger partial charge in [-0.05, 0) is 26.0 Å². The number of benzene rings is 1. The maximum absolute atomic E-state index is 13.6. The normalized spacial score (nSPS) is 15.1. The van der Waals surface area contributed by atoms with E-state index in [4.69, 9.17) is 14.2 Å². The van der Waals surface area contributed by atoms with Gasteiger partial charge in [-0.3, -0.25) is 9.80 Å². The molecular formula is C26H28F3N7O6S. The fourth-order valence-corrected chi connectivity index (χ4v) is 4.54. The first-order chi connectivity index (χ1) is 20.3. The van der Waals surface area contributed by atoms with Crippen LogP contribution in [0.5, 0.6) is 17.4 Å². The third-order valence-corrected chi connectivity index (χ3v) is 7.45. The van der Waals surface area contributed by atoms with E-state index < -0.39 is 28.1 Å². The Bertz CT molecular complexity index is 1650. The third kappa shape index (κ3) is 7.06. The molecule has 1 aromatic carbocycles. The van der Waals surface area contributed by atoms with Crippen molar-refractivity contribution in [3.05, 3.63) is 54.0 Å². The molecule has 0 fully saturated rings. The van der Waals surface area contributed by atoms with Crippen LogP contribution < -0.4 is 34.7 Å². The van der Waals surface area contributed by atoms with Gasteiger partial charge in [0.1, 0.15) is 23.1 Å². The summed E-state index contributed by atoms with van der Waals surface area (Å²) in [6.45, 7) is 2.82. The van der Waals surface area contributed by atoms with Crippen molar-refractivity contribution in [3.63, 3.8) is 0 Å². The minimum atomic E-state index is -4.60. The zero-order valence-corrected chi connectivity index (χ0v) is 24.4. The fourth-order valence-electron chi connectivity index (χ4n) is 4.00. The molecule has 0 saturated heterocycles. The monoisotopic (exact) mass is 623 g/mol. The van der Waals surface area contributed by atoms with Crippen LogP contribution in [0.1, 0.15) is 24.2 Å². The largest absolute Gasteiger partial charge is 0.497 e. The molecule has 230 valence electrons. The second kappa shape index (κ2) is 12.3. The number of sulfonamides is 1. The SMILES string of the molecule is CCS(=O)(=O)NC(=O)c1cc(-c2cnc(Nc3cc(OC)cc(OC)c3)nc2N2NC(C(F)(F)F)C=C2C)cnc1OC. The Morgan fingerprint density at radius 2 is 1.72 bits per heavy atom. The van der Waals surface area contributed by atoms with Crippen molar-refractivity contribution in [2.24, 2.45) is 0 Å². The molecule has 1 aliphatic heterocycles. The van der Waals surface area contributed by atoms with Gasteiger partial charge in [-0.2, -0.15) is 18.2 Å². The van der Waals surface area contributed by atoms with Crippen LogP contribution in [-0.2, 0) is 10.0 Å². The van der Waals surface area contributed by atoms with Gasteiger partial charge >= 0.3 is 6.18 Å². The lowest BCUT2D eigenvalue weighted by molar-refractivity contribution is -0.142. The number of ether oxygens (including phenoxy) is 3. The van der Waals surface area contributed by atoms with Gasteiger partial charge < -0.3 is 19.5 Å². The fraction of sp³-hybridized carbons (Fsp3) is 0.308. The number of halogens is 3. The quantitative estimate of drug-likeness (QED) is 0.302. The summed E-state index contributed by atoms with van der Waals surface area (Å²) in [7, 11) is 0.265. The first-order valence-electron chi connectivity index (χ1n) is 12.6. The molecule has 2 aromatic heterocycles. The van der Waals surface area contributed by atoms with E-state index in [1.165, 1.54) is 53.6 Å². The van der Waals surface area contributed by atoms with Crippen molar-refractivity contribution in [1.29, 1.82) is 0 Å². The first-order valence-corrected chi connectivity index (χ1v) is 14.2. The highest BCUT2D eigenvalue weighted by Gasteiger charge is 2.43. The van der Waals surface area contributed by atoms with Gasteiger partial charge in [0, 0.05) is 53.1 Å². The van der Waals surface area contributed by atoms with E-state index in [-0.39, 0.29) is 45.8 Å². The molecular weight excluding hydrogens is 595 g/mol. The van der Waals surface area contributed by atoms with Crippen LogP contribution in [0.4, 0.5) is 30.6 Å². The van der Waals surface area contributed by atoms with Crippen LogP contribution in [0.3, 0.4) is 0 Å². The number of amides is 1. The van der Waals surface area contributed by atoms with Crippen molar-refractivity contribution in [1.82, 2.24) is 25.1 Å². The van der Waals surface area contributed by atoms with Gasteiger partial charge in [0.05, 0.1) is 27.1 Å². The van der Waals surface area contributed by atoms with Crippen LogP contribution >= 0.6 is 0 Å². The van der Waals surface area contributed by atoms with E-state index in [9.17, 15) is 26.4 Å².